The van der Waals surface area contributed by atoms with Crippen LogP contribution in [0.4, 0.5) is 0 Å². The molecule has 4 nitrogen and oxygen atoms in total. The van der Waals surface area contributed by atoms with Crippen molar-refractivity contribution in [2.45, 2.75) is 20.4 Å². The average molecular weight is 182 g/mol. The van der Waals surface area contributed by atoms with Crippen LogP contribution in [0.2, 0.25) is 0 Å². The molecule has 0 atom stereocenters. The molecule has 0 saturated carbocycles. The van der Waals surface area contributed by atoms with Crippen LogP contribution in [-0.4, -0.2) is 14.6 Å². The molecule has 0 aliphatic rings. The van der Waals surface area contributed by atoms with Crippen LogP contribution in [0.3, 0.4) is 0 Å². The van der Waals surface area contributed by atoms with Gasteiger partial charge in [-0.15, -0.1) is 10.2 Å². The summed E-state index contributed by atoms with van der Waals surface area (Å²) in [5, 5.41) is 8.00. The lowest BCUT2D eigenvalue weighted by Crippen LogP contribution is -1.97. The van der Waals surface area contributed by atoms with Crippen molar-refractivity contribution in [2.75, 3.05) is 0 Å². The van der Waals surface area contributed by atoms with E-state index < -0.39 is 0 Å². The molecule has 2 N–H and O–H groups in total. The Morgan fingerprint density at radius 3 is 2.75 bits per heavy atom. The Morgan fingerprint density at radius 1 is 1.42 bits per heavy atom. The molecule has 0 bridgehead atoms. The maximum absolute atomic E-state index is 5.57. The predicted molar refractivity (Wildman–Crippen MR) is 48.2 cm³/mol. The lowest BCUT2D eigenvalue weighted by molar-refractivity contribution is 0.958. The maximum atomic E-state index is 5.57. The summed E-state index contributed by atoms with van der Waals surface area (Å²) in [6.45, 7) is 4.57. The zero-order chi connectivity index (χ0) is 8.72. The van der Waals surface area contributed by atoms with Crippen molar-refractivity contribution in [3.63, 3.8) is 0 Å². The number of hydrogen-bond donors (Lipinski definition) is 1. The van der Waals surface area contributed by atoms with E-state index in [2.05, 4.69) is 10.2 Å². The highest BCUT2D eigenvalue weighted by molar-refractivity contribution is 7.17. The fourth-order valence-corrected chi connectivity index (χ4v) is 2.28. The normalized spacial score (nSPS) is 11.2. The third-order valence-corrected chi connectivity index (χ3v) is 3.09. The lowest BCUT2D eigenvalue weighted by atomic mass is 10.4. The van der Waals surface area contributed by atoms with Crippen molar-refractivity contribution >= 4 is 16.3 Å². The number of aromatic nitrogens is 3. The van der Waals surface area contributed by atoms with Crippen LogP contribution >= 0.6 is 11.3 Å². The van der Waals surface area contributed by atoms with Gasteiger partial charge in [-0.2, -0.15) is 0 Å². The van der Waals surface area contributed by atoms with E-state index in [1.165, 1.54) is 10.6 Å². The molecule has 0 aliphatic heterocycles. The highest BCUT2D eigenvalue weighted by Gasteiger charge is 2.10. The fraction of sp³-hybridized carbons (Fsp3) is 0.429. The molecule has 0 saturated heterocycles. The molecule has 64 valence electrons. The number of nitrogens with two attached hydrogens (primary N) is 1. The Hall–Kier alpha value is -0.940. The maximum Gasteiger partial charge on any atom is 0.216 e. The van der Waals surface area contributed by atoms with E-state index >= 15 is 0 Å². The number of fused-ring (bicyclic) bond motifs is 1. The average Bonchev–Trinajstić information content (AvgIpc) is 2.55. The minimum Gasteiger partial charge on any atom is -0.326 e. The molecular formula is C7H10N4S. The smallest absolute Gasteiger partial charge is 0.216 e. The van der Waals surface area contributed by atoms with Gasteiger partial charge in [0.25, 0.3) is 0 Å². The van der Waals surface area contributed by atoms with Gasteiger partial charge >= 0.3 is 0 Å². The Balaban J connectivity index is 2.80. The zero-order valence-electron chi connectivity index (χ0n) is 7.03. The van der Waals surface area contributed by atoms with Crippen LogP contribution in [0, 0.1) is 13.8 Å². The molecule has 0 aliphatic carbocycles. The van der Waals surface area contributed by atoms with Crippen molar-refractivity contribution in [1.29, 1.82) is 0 Å². The Morgan fingerprint density at radius 2 is 2.17 bits per heavy atom. The third kappa shape index (κ3) is 0.867. The van der Waals surface area contributed by atoms with Crippen LogP contribution in [-0.2, 0) is 6.54 Å². The molecule has 0 unspecified atom stereocenters. The number of hydrogen-bond acceptors (Lipinski definition) is 4. The molecule has 0 fully saturated rings. The van der Waals surface area contributed by atoms with E-state index in [0.29, 0.717) is 6.54 Å². The summed E-state index contributed by atoms with van der Waals surface area (Å²) in [6.07, 6.45) is 0. The van der Waals surface area contributed by atoms with Gasteiger partial charge in [0.05, 0.1) is 0 Å². The van der Waals surface area contributed by atoms with Crippen LogP contribution in [0.5, 0.6) is 0 Å². The summed E-state index contributed by atoms with van der Waals surface area (Å²) in [6, 6.07) is 0. The standard InChI is InChI=1S/C7H10N4S/c1-4-6(3-8)12-7-10-9-5(2)11(4)7/h3,8H2,1-2H3. The van der Waals surface area contributed by atoms with Gasteiger partial charge in [-0.3, -0.25) is 4.40 Å². The molecular weight excluding hydrogens is 172 g/mol. The second kappa shape index (κ2) is 2.53. The van der Waals surface area contributed by atoms with Gasteiger partial charge in [-0.05, 0) is 13.8 Å². The van der Waals surface area contributed by atoms with Gasteiger partial charge in [0.1, 0.15) is 5.82 Å². The van der Waals surface area contributed by atoms with E-state index in [4.69, 9.17) is 5.73 Å². The second-order valence-electron chi connectivity index (χ2n) is 2.68. The highest BCUT2D eigenvalue weighted by Crippen LogP contribution is 2.21. The SMILES string of the molecule is Cc1nnc2sc(CN)c(C)n12. The van der Waals surface area contributed by atoms with Gasteiger partial charge < -0.3 is 5.73 Å². The molecule has 12 heavy (non-hydrogen) atoms. The quantitative estimate of drug-likeness (QED) is 0.711. The van der Waals surface area contributed by atoms with E-state index in [1.54, 1.807) is 11.3 Å². The number of aryl methyl sites for hydroxylation is 2. The third-order valence-electron chi connectivity index (χ3n) is 1.93. The first-order chi connectivity index (χ1) is 5.74. The first-order valence-electron chi connectivity index (χ1n) is 3.74. The minimum absolute atomic E-state index is 0.583. The number of thiazole rings is 1. The number of nitrogens with zero attached hydrogens (tertiary/aromatic N) is 3. The van der Waals surface area contributed by atoms with Crippen LogP contribution in [0.25, 0.3) is 4.96 Å². The highest BCUT2D eigenvalue weighted by atomic mass is 32.1. The largest absolute Gasteiger partial charge is 0.326 e. The van der Waals surface area contributed by atoms with Gasteiger partial charge in [0.15, 0.2) is 0 Å². The summed E-state index contributed by atoms with van der Waals surface area (Å²) in [5.74, 6) is 0.929. The van der Waals surface area contributed by atoms with Gasteiger partial charge in [-0.25, -0.2) is 0 Å². The molecule has 0 spiro atoms. The summed E-state index contributed by atoms with van der Waals surface area (Å²) in [5.41, 5.74) is 6.74. The van der Waals surface area contributed by atoms with Crippen molar-refractivity contribution in [1.82, 2.24) is 14.6 Å². The predicted octanol–water partition coefficient (Wildman–Crippen LogP) is 0.866. The molecule has 5 heteroatoms. The Kier molecular flexibility index (Phi) is 1.62. The van der Waals surface area contributed by atoms with Crippen LogP contribution < -0.4 is 5.73 Å². The van der Waals surface area contributed by atoms with Gasteiger partial charge in [-0.1, -0.05) is 11.3 Å². The van der Waals surface area contributed by atoms with Crippen molar-refractivity contribution in [3.8, 4) is 0 Å². The van der Waals surface area contributed by atoms with E-state index in [1.807, 2.05) is 18.2 Å². The molecule has 2 rings (SSSR count). The molecule has 2 aromatic rings. The minimum atomic E-state index is 0.583. The molecule has 0 aromatic carbocycles. The molecule has 2 aromatic heterocycles. The van der Waals surface area contributed by atoms with E-state index in [-0.39, 0.29) is 0 Å². The monoisotopic (exact) mass is 182 g/mol. The topological polar surface area (TPSA) is 56.2 Å². The van der Waals surface area contributed by atoms with Crippen molar-refractivity contribution in [2.24, 2.45) is 5.73 Å². The fourth-order valence-electron chi connectivity index (χ4n) is 1.29. The molecule has 2 heterocycles. The number of rotatable bonds is 1. The van der Waals surface area contributed by atoms with Crippen molar-refractivity contribution in [3.05, 3.63) is 16.4 Å². The summed E-state index contributed by atoms with van der Waals surface area (Å²) in [7, 11) is 0. The molecule has 0 radical (unpaired) electrons. The summed E-state index contributed by atoms with van der Waals surface area (Å²) in [4.78, 5) is 2.12. The second-order valence-corrected chi connectivity index (χ2v) is 3.74. The first kappa shape index (κ1) is 7.70. The van der Waals surface area contributed by atoms with Crippen LogP contribution in [0.15, 0.2) is 0 Å². The van der Waals surface area contributed by atoms with Crippen LogP contribution in [0.1, 0.15) is 16.4 Å². The summed E-state index contributed by atoms with van der Waals surface area (Å²) >= 11 is 1.61. The van der Waals surface area contributed by atoms with Crippen molar-refractivity contribution < 1.29 is 0 Å². The van der Waals surface area contributed by atoms with E-state index in [0.717, 1.165) is 10.8 Å². The van der Waals surface area contributed by atoms with Gasteiger partial charge in [0.2, 0.25) is 4.96 Å². The Bertz CT molecular complexity index is 414. The van der Waals surface area contributed by atoms with E-state index in [9.17, 15) is 0 Å². The first-order valence-corrected chi connectivity index (χ1v) is 4.55. The summed E-state index contributed by atoms with van der Waals surface area (Å²) < 4.78 is 2.03. The van der Waals surface area contributed by atoms with Gasteiger partial charge in [0, 0.05) is 17.1 Å². The molecule has 0 amide bonds. The lowest BCUT2D eigenvalue weighted by Gasteiger charge is -1.93. The zero-order valence-corrected chi connectivity index (χ0v) is 7.85. The Labute approximate surface area is 74.0 Å².